The van der Waals surface area contributed by atoms with Crippen molar-refractivity contribution >= 4 is 15.9 Å². The maximum absolute atomic E-state index is 3.64. The van der Waals surface area contributed by atoms with Crippen molar-refractivity contribution in [3.63, 3.8) is 0 Å². The van der Waals surface area contributed by atoms with Crippen LogP contribution in [0.1, 0.15) is 11.1 Å². The maximum Gasteiger partial charge on any atom is 0.0345 e. The van der Waals surface area contributed by atoms with Crippen LogP contribution in [0.5, 0.6) is 0 Å². The highest BCUT2D eigenvalue weighted by molar-refractivity contribution is 9.10. The average Bonchev–Trinajstić information content (AvgIpc) is 2.36. The van der Waals surface area contributed by atoms with Crippen molar-refractivity contribution in [2.45, 2.75) is 19.5 Å². The number of likely N-dealkylation sites (N-methyl/N-ethyl adjacent to an activating group) is 2. The van der Waals surface area contributed by atoms with Crippen LogP contribution in [0.15, 0.2) is 22.7 Å². The van der Waals surface area contributed by atoms with E-state index in [1.807, 2.05) is 0 Å². The predicted octanol–water partition coefficient (Wildman–Crippen LogP) is 2.09. The van der Waals surface area contributed by atoms with E-state index in [2.05, 4.69) is 70.3 Å². The Kier molecular flexibility index (Phi) is 5.39. The molecule has 4 heteroatoms. The maximum atomic E-state index is 3.64. The zero-order valence-corrected chi connectivity index (χ0v) is 13.7. The molecule has 0 spiro atoms. The third-order valence-corrected chi connectivity index (χ3v) is 4.62. The van der Waals surface area contributed by atoms with Crippen molar-refractivity contribution in [2.75, 3.05) is 40.3 Å². The SMILES string of the molecule is Cc1ccc(CNC[C@@H]2CN(C)CCN2C)c(Br)c1. The molecular formula is C15H24BrN3. The molecule has 106 valence electrons. The van der Waals surface area contributed by atoms with E-state index in [0.29, 0.717) is 6.04 Å². The number of rotatable bonds is 4. The molecule has 1 atom stereocenters. The van der Waals surface area contributed by atoms with Crippen molar-refractivity contribution in [2.24, 2.45) is 0 Å². The van der Waals surface area contributed by atoms with Gasteiger partial charge >= 0.3 is 0 Å². The zero-order valence-electron chi connectivity index (χ0n) is 12.1. The van der Waals surface area contributed by atoms with Gasteiger partial charge in [0.15, 0.2) is 0 Å². The number of nitrogens with one attached hydrogen (secondary N) is 1. The van der Waals surface area contributed by atoms with Crippen LogP contribution in [0.25, 0.3) is 0 Å². The summed E-state index contributed by atoms with van der Waals surface area (Å²) in [5.74, 6) is 0. The van der Waals surface area contributed by atoms with Gasteiger partial charge in [-0.15, -0.1) is 0 Å². The molecule has 1 heterocycles. The highest BCUT2D eigenvalue weighted by Gasteiger charge is 2.21. The van der Waals surface area contributed by atoms with Gasteiger partial charge in [0.25, 0.3) is 0 Å². The Morgan fingerprint density at radius 2 is 2.11 bits per heavy atom. The molecule has 1 aliphatic rings. The van der Waals surface area contributed by atoms with E-state index in [-0.39, 0.29) is 0 Å². The number of aryl methyl sites for hydroxylation is 1. The molecule has 19 heavy (non-hydrogen) atoms. The Morgan fingerprint density at radius 3 is 2.84 bits per heavy atom. The van der Waals surface area contributed by atoms with Gasteiger partial charge in [-0.1, -0.05) is 28.1 Å². The molecule has 1 fully saturated rings. The Morgan fingerprint density at radius 1 is 1.32 bits per heavy atom. The number of piperazine rings is 1. The summed E-state index contributed by atoms with van der Waals surface area (Å²) in [6.45, 7) is 7.58. The summed E-state index contributed by atoms with van der Waals surface area (Å²) in [7, 11) is 4.43. The Balaban J connectivity index is 1.82. The molecule has 1 saturated heterocycles. The number of hydrogen-bond donors (Lipinski definition) is 1. The number of benzene rings is 1. The molecule has 0 aromatic heterocycles. The fourth-order valence-electron chi connectivity index (χ4n) is 2.49. The van der Waals surface area contributed by atoms with Gasteiger partial charge < -0.3 is 10.2 Å². The van der Waals surface area contributed by atoms with Crippen molar-refractivity contribution in [1.29, 1.82) is 0 Å². The van der Waals surface area contributed by atoms with Gasteiger partial charge in [-0.25, -0.2) is 0 Å². The van der Waals surface area contributed by atoms with Crippen LogP contribution in [0, 0.1) is 6.92 Å². The molecule has 1 aromatic carbocycles. The first-order valence-corrected chi connectivity index (χ1v) is 7.70. The van der Waals surface area contributed by atoms with Crippen LogP contribution in [-0.2, 0) is 6.54 Å². The quantitative estimate of drug-likeness (QED) is 0.914. The summed E-state index contributed by atoms with van der Waals surface area (Å²) >= 11 is 3.64. The second-order valence-corrected chi connectivity index (χ2v) is 6.48. The van der Waals surface area contributed by atoms with Crippen molar-refractivity contribution < 1.29 is 0 Å². The summed E-state index contributed by atoms with van der Waals surface area (Å²) in [6.07, 6.45) is 0. The van der Waals surface area contributed by atoms with Crippen LogP contribution in [0.3, 0.4) is 0 Å². The highest BCUT2D eigenvalue weighted by Crippen LogP contribution is 2.18. The van der Waals surface area contributed by atoms with Crippen LogP contribution >= 0.6 is 15.9 Å². The summed E-state index contributed by atoms with van der Waals surface area (Å²) in [6, 6.07) is 7.16. The van der Waals surface area contributed by atoms with E-state index in [0.717, 1.165) is 26.2 Å². The Hall–Kier alpha value is -0.420. The molecule has 0 radical (unpaired) electrons. The van der Waals surface area contributed by atoms with Gasteiger partial charge in [-0.05, 0) is 38.2 Å². The van der Waals surface area contributed by atoms with Gasteiger partial charge in [0.1, 0.15) is 0 Å². The van der Waals surface area contributed by atoms with E-state index in [1.165, 1.54) is 22.1 Å². The minimum atomic E-state index is 0.614. The summed E-state index contributed by atoms with van der Waals surface area (Å²) in [5, 5.41) is 3.58. The average molecular weight is 326 g/mol. The lowest BCUT2D eigenvalue weighted by Crippen LogP contribution is -2.53. The minimum absolute atomic E-state index is 0.614. The van der Waals surface area contributed by atoms with Crippen LogP contribution < -0.4 is 5.32 Å². The normalized spacial score (nSPS) is 21.8. The Labute approximate surface area is 125 Å². The summed E-state index contributed by atoms with van der Waals surface area (Å²) in [5.41, 5.74) is 2.63. The van der Waals surface area contributed by atoms with Gasteiger partial charge in [0, 0.05) is 43.2 Å². The minimum Gasteiger partial charge on any atom is -0.311 e. The predicted molar refractivity (Wildman–Crippen MR) is 84.5 cm³/mol. The van der Waals surface area contributed by atoms with E-state index in [4.69, 9.17) is 0 Å². The van der Waals surface area contributed by atoms with Crippen LogP contribution in [0.2, 0.25) is 0 Å². The first-order valence-electron chi connectivity index (χ1n) is 6.91. The smallest absolute Gasteiger partial charge is 0.0345 e. The topological polar surface area (TPSA) is 18.5 Å². The summed E-state index contributed by atoms with van der Waals surface area (Å²) in [4.78, 5) is 4.87. The van der Waals surface area contributed by atoms with Gasteiger partial charge in [0.2, 0.25) is 0 Å². The van der Waals surface area contributed by atoms with Crippen LogP contribution in [0.4, 0.5) is 0 Å². The van der Waals surface area contributed by atoms with Crippen molar-refractivity contribution in [3.8, 4) is 0 Å². The fraction of sp³-hybridized carbons (Fsp3) is 0.600. The second-order valence-electron chi connectivity index (χ2n) is 5.62. The molecule has 1 aliphatic heterocycles. The van der Waals surface area contributed by atoms with Gasteiger partial charge in [0.05, 0.1) is 0 Å². The first-order chi connectivity index (χ1) is 9.06. The largest absolute Gasteiger partial charge is 0.311 e. The number of nitrogens with zero attached hydrogens (tertiary/aromatic N) is 2. The molecule has 0 saturated carbocycles. The lowest BCUT2D eigenvalue weighted by molar-refractivity contribution is 0.113. The second kappa shape index (κ2) is 6.84. The number of hydrogen-bond acceptors (Lipinski definition) is 3. The van der Waals surface area contributed by atoms with Crippen molar-refractivity contribution in [3.05, 3.63) is 33.8 Å². The lowest BCUT2D eigenvalue weighted by atomic mass is 10.1. The molecule has 3 nitrogen and oxygen atoms in total. The van der Waals surface area contributed by atoms with E-state index in [1.54, 1.807) is 0 Å². The third-order valence-electron chi connectivity index (χ3n) is 3.88. The van der Waals surface area contributed by atoms with E-state index < -0.39 is 0 Å². The molecule has 0 bridgehead atoms. The highest BCUT2D eigenvalue weighted by atomic mass is 79.9. The first kappa shape index (κ1) is 15.0. The molecular weight excluding hydrogens is 302 g/mol. The molecule has 2 rings (SSSR count). The monoisotopic (exact) mass is 325 g/mol. The molecule has 1 N–H and O–H groups in total. The van der Waals surface area contributed by atoms with Crippen LogP contribution in [-0.4, -0.2) is 56.1 Å². The molecule has 0 unspecified atom stereocenters. The fourth-order valence-corrected chi connectivity index (χ4v) is 3.12. The molecule has 0 aliphatic carbocycles. The van der Waals surface area contributed by atoms with Gasteiger partial charge in [-0.3, -0.25) is 4.90 Å². The zero-order chi connectivity index (χ0) is 13.8. The van der Waals surface area contributed by atoms with E-state index >= 15 is 0 Å². The molecule has 1 aromatic rings. The summed E-state index contributed by atoms with van der Waals surface area (Å²) < 4.78 is 1.20. The standard InChI is InChI=1S/C15H24BrN3/c1-12-4-5-13(15(16)8-12)9-17-10-14-11-18(2)6-7-19(14)3/h4-5,8,14,17H,6-7,9-11H2,1-3H3/t14-/m1/s1. The number of halogens is 1. The Bertz CT molecular complexity index is 422. The van der Waals surface area contributed by atoms with Crippen molar-refractivity contribution in [1.82, 2.24) is 15.1 Å². The third kappa shape index (κ3) is 4.28. The van der Waals surface area contributed by atoms with E-state index in [9.17, 15) is 0 Å². The molecule has 0 amide bonds. The lowest BCUT2D eigenvalue weighted by Gasteiger charge is -2.37. The van der Waals surface area contributed by atoms with Gasteiger partial charge in [-0.2, -0.15) is 0 Å².